The van der Waals surface area contributed by atoms with Crippen LogP contribution in [-0.4, -0.2) is 49.6 Å². The first-order valence-electron chi connectivity index (χ1n) is 6.18. The van der Waals surface area contributed by atoms with Crippen LogP contribution in [0, 0.1) is 0 Å². The van der Waals surface area contributed by atoms with Gasteiger partial charge in [-0.15, -0.1) is 0 Å². The minimum atomic E-state index is 0.213. The molecule has 0 bridgehead atoms. The quantitative estimate of drug-likeness (QED) is 0.650. The molecule has 4 nitrogen and oxygen atoms in total. The Morgan fingerprint density at radius 2 is 2.28 bits per heavy atom. The van der Waals surface area contributed by atoms with Gasteiger partial charge in [0.2, 0.25) is 0 Å². The number of nitrogens with two attached hydrogens (primary N) is 1. The molecule has 1 aromatic heterocycles. The van der Waals surface area contributed by atoms with Gasteiger partial charge in [0.15, 0.2) is 0 Å². The summed E-state index contributed by atoms with van der Waals surface area (Å²) in [6, 6.07) is 0.765. The second-order valence-electron chi connectivity index (χ2n) is 5.03. The first-order chi connectivity index (χ1) is 8.61. The van der Waals surface area contributed by atoms with Crippen molar-refractivity contribution in [2.45, 2.75) is 18.5 Å². The maximum absolute atomic E-state index is 5.73. The van der Waals surface area contributed by atoms with Gasteiger partial charge in [-0.05, 0) is 47.4 Å². The van der Waals surface area contributed by atoms with Gasteiger partial charge < -0.3 is 9.80 Å². The largest absolute Gasteiger partial charge is 0.304 e. The van der Waals surface area contributed by atoms with E-state index in [0.29, 0.717) is 6.04 Å². The molecule has 18 heavy (non-hydrogen) atoms. The fourth-order valence-corrected chi connectivity index (χ4v) is 4.08. The summed E-state index contributed by atoms with van der Waals surface area (Å²) >= 11 is 5.30. The SMILES string of the molecule is CN1CCN(C)C(CC(NN)c2cscc2Br)C1. The van der Waals surface area contributed by atoms with E-state index in [-0.39, 0.29) is 6.04 Å². The van der Waals surface area contributed by atoms with E-state index in [2.05, 4.69) is 56.0 Å². The topological polar surface area (TPSA) is 44.5 Å². The fourth-order valence-electron chi connectivity index (χ4n) is 2.45. The molecule has 1 saturated heterocycles. The number of thiophene rings is 1. The highest BCUT2D eigenvalue weighted by Crippen LogP contribution is 2.30. The maximum Gasteiger partial charge on any atom is 0.0494 e. The number of hydrazine groups is 1. The van der Waals surface area contributed by atoms with Crippen molar-refractivity contribution in [2.75, 3.05) is 33.7 Å². The number of halogens is 1. The lowest BCUT2D eigenvalue weighted by molar-refractivity contribution is 0.101. The predicted molar refractivity (Wildman–Crippen MR) is 80.6 cm³/mol. The summed E-state index contributed by atoms with van der Waals surface area (Å²) in [4.78, 5) is 4.82. The van der Waals surface area contributed by atoms with Crippen molar-refractivity contribution in [2.24, 2.45) is 5.84 Å². The van der Waals surface area contributed by atoms with Crippen LogP contribution in [0.3, 0.4) is 0 Å². The van der Waals surface area contributed by atoms with Crippen LogP contribution in [0.25, 0.3) is 0 Å². The zero-order chi connectivity index (χ0) is 13.1. The minimum Gasteiger partial charge on any atom is -0.304 e. The lowest BCUT2D eigenvalue weighted by Gasteiger charge is -2.39. The van der Waals surface area contributed by atoms with E-state index in [9.17, 15) is 0 Å². The molecule has 2 rings (SSSR count). The predicted octanol–water partition coefficient (Wildman–Crippen LogP) is 1.65. The number of hydrogen-bond donors (Lipinski definition) is 2. The van der Waals surface area contributed by atoms with Crippen LogP contribution < -0.4 is 11.3 Å². The minimum absolute atomic E-state index is 0.213. The summed E-state index contributed by atoms with van der Waals surface area (Å²) in [5.41, 5.74) is 4.23. The molecule has 1 aliphatic rings. The molecule has 6 heteroatoms. The van der Waals surface area contributed by atoms with Gasteiger partial charge in [-0.1, -0.05) is 0 Å². The zero-order valence-electron chi connectivity index (χ0n) is 10.9. The van der Waals surface area contributed by atoms with Gasteiger partial charge in [0, 0.05) is 41.6 Å². The van der Waals surface area contributed by atoms with E-state index in [4.69, 9.17) is 5.84 Å². The molecular formula is C12H21BrN4S. The highest BCUT2D eigenvalue weighted by molar-refractivity contribution is 9.10. The average Bonchev–Trinajstić information content (AvgIpc) is 2.77. The van der Waals surface area contributed by atoms with Gasteiger partial charge in [0.25, 0.3) is 0 Å². The van der Waals surface area contributed by atoms with Crippen LogP contribution in [0.15, 0.2) is 15.2 Å². The van der Waals surface area contributed by atoms with E-state index in [1.54, 1.807) is 11.3 Å². The molecule has 1 fully saturated rings. The van der Waals surface area contributed by atoms with Crippen molar-refractivity contribution >= 4 is 27.3 Å². The summed E-state index contributed by atoms with van der Waals surface area (Å²) in [6.45, 7) is 3.38. The summed E-state index contributed by atoms with van der Waals surface area (Å²) < 4.78 is 1.15. The Balaban J connectivity index is 2.04. The molecule has 2 atom stereocenters. The van der Waals surface area contributed by atoms with E-state index in [1.807, 2.05) is 0 Å². The molecule has 0 amide bonds. The Hall–Kier alpha value is 0.0200. The van der Waals surface area contributed by atoms with Crippen LogP contribution in [-0.2, 0) is 0 Å². The van der Waals surface area contributed by atoms with Gasteiger partial charge in [-0.25, -0.2) is 0 Å². The van der Waals surface area contributed by atoms with Crippen LogP contribution in [0.2, 0.25) is 0 Å². The van der Waals surface area contributed by atoms with Crippen molar-refractivity contribution in [3.63, 3.8) is 0 Å². The fraction of sp³-hybridized carbons (Fsp3) is 0.667. The van der Waals surface area contributed by atoms with Crippen molar-refractivity contribution < 1.29 is 0 Å². The molecule has 1 aromatic rings. The second kappa shape index (κ2) is 6.45. The van der Waals surface area contributed by atoms with Crippen LogP contribution in [0.4, 0.5) is 0 Å². The Morgan fingerprint density at radius 3 is 2.89 bits per heavy atom. The third-order valence-electron chi connectivity index (χ3n) is 3.71. The number of nitrogens with zero attached hydrogens (tertiary/aromatic N) is 2. The van der Waals surface area contributed by atoms with Crippen molar-refractivity contribution in [1.29, 1.82) is 0 Å². The molecule has 2 heterocycles. The van der Waals surface area contributed by atoms with Gasteiger partial charge >= 0.3 is 0 Å². The Morgan fingerprint density at radius 1 is 1.50 bits per heavy atom. The van der Waals surface area contributed by atoms with E-state index >= 15 is 0 Å². The van der Waals surface area contributed by atoms with Crippen LogP contribution in [0.5, 0.6) is 0 Å². The van der Waals surface area contributed by atoms with Crippen LogP contribution in [0.1, 0.15) is 18.0 Å². The second-order valence-corrected chi connectivity index (χ2v) is 6.62. The standard InChI is InChI=1S/C12H21BrN4S/c1-16-3-4-17(2)9(6-16)5-12(15-14)10-7-18-8-11(10)13/h7-9,12,15H,3-6,14H2,1-2H3. The molecule has 0 spiro atoms. The van der Waals surface area contributed by atoms with Crippen LogP contribution >= 0.6 is 27.3 Å². The normalized spacial score (nSPS) is 24.3. The molecule has 0 radical (unpaired) electrons. The molecule has 102 valence electrons. The summed E-state index contributed by atoms with van der Waals surface area (Å²) in [7, 11) is 4.39. The van der Waals surface area contributed by atoms with Gasteiger partial charge in [0.05, 0.1) is 0 Å². The van der Waals surface area contributed by atoms with Gasteiger partial charge in [-0.3, -0.25) is 11.3 Å². The maximum atomic E-state index is 5.73. The smallest absolute Gasteiger partial charge is 0.0494 e. The average molecular weight is 333 g/mol. The first-order valence-corrected chi connectivity index (χ1v) is 7.92. The summed E-state index contributed by atoms with van der Waals surface area (Å²) in [6.07, 6.45) is 1.03. The Bertz CT molecular complexity index is 384. The molecule has 0 aliphatic carbocycles. The van der Waals surface area contributed by atoms with Gasteiger partial charge in [0.1, 0.15) is 0 Å². The van der Waals surface area contributed by atoms with E-state index in [0.717, 1.165) is 30.5 Å². The number of piperazine rings is 1. The summed E-state index contributed by atoms with van der Waals surface area (Å²) in [5.74, 6) is 5.73. The number of likely N-dealkylation sites (N-methyl/N-ethyl adjacent to an activating group) is 2. The number of nitrogens with one attached hydrogen (secondary N) is 1. The first kappa shape index (κ1) is 14.4. The highest BCUT2D eigenvalue weighted by atomic mass is 79.9. The molecule has 2 unspecified atom stereocenters. The third kappa shape index (κ3) is 3.31. The van der Waals surface area contributed by atoms with Crippen molar-refractivity contribution in [3.8, 4) is 0 Å². The molecule has 0 saturated carbocycles. The molecular weight excluding hydrogens is 312 g/mol. The van der Waals surface area contributed by atoms with E-state index < -0.39 is 0 Å². The lowest BCUT2D eigenvalue weighted by Crippen LogP contribution is -2.51. The third-order valence-corrected chi connectivity index (χ3v) is 5.46. The lowest BCUT2D eigenvalue weighted by atomic mass is 10.00. The Labute approximate surface area is 121 Å². The number of hydrogen-bond acceptors (Lipinski definition) is 5. The summed E-state index contributed by atoms with van der Waals surface area (Å²) in [5, 5.41) is 4.28. The van der Waals surface area contributed by atoms with Gasteiger partial charge in [-0.2, -0.15) is 11.3 Å². The monoisotopic (exact) mass is 332 g/mol. The Kier molecular flexibility index (Phi) is 5.17. The van der Waals surface area contributed by atoms with Crippen molar-refractivity contribution in [1.82, 2.24) is 15.2 Å². The molecule has 3 N–H and O–H groups in total. The molecule has 1 aliphatic heterocycles. The zero-order valence-corrected chi connectivity index (χ0v) is 13.3. The van der Waals surface area contributed by atoms with E-state index in [1.165, 1.54) is 5.56 Å². The highest BCUT2D eigenvalue weighted by Gasteiger charge is 2.26. The number of rotatable bonds is 4. The van der Waals surface area contributed by atoms with Crippen molar-refractivity contribution in [3.05, 3.63) is 20.8 Å². The molecule has 0 aromatic carbocycles.